The van der Waals surface area contributed by atoms with Crippen LogP contribution in [-0.2, 0) is 9.59 Å². The third kappa shape index (κ3) is 6.39. The lowest BCUT2D eigenvalue weighted by atomic mass is 9.88. The number of anilines is 1. The Morgan fingerprint density at radius 3 is 2.48 bits per heavy atom. The predicted octanol–water partition coefficient (Wildman–Crippen LogP) is 6.30. The number of benzene rings is 3. The summed E-state index contributed by atoms with van der Waals surface area (Å²) in [4.78, 5) is 39.4. The molecule has 0 spiro atoms. The minimum absolute atomic E-state index is 0.0769. The molecule has 3 aromatic carbocycles. The van der Waals surface area contributed by atoms with Crippen LogP contribution in [0.15, 0.2) is 79.1 Å². The summed E-state index contributed by atoms with van der Waals surface area (Å²) in [6.45, 7) is 8.65. The molecule has 2 amide bonds. The van der Waals surface area contributed by atoms with Gasteiger partial charge in [0.25, 0.3) is 0 Å². The van der Waals surface area contributed by atoms with E-state index in [0.717, 1.165) is 39.5 Å². The minimum Gasteiger partial charge on any atom is -0.338 e. The third-order valence-electron chi connectivity index (χ3n) is 8.80. The van der Waals surface area contributed by atoms with Gasteiger partial charge in [0, 0.05) is 48.7 Å². The van der Waals surface area contributed by atoms with Gasteiger partial charge in [-0.15, -0.1) is 0 Å². The van der Waals surface area contributed by atoms with Crippen molar-refractivity contribution < 1.29 is 14.0 Å². The Kier molecular flexibility index (Phi) is 8.90. The number of likely N-dealkylation sites (tertiary alicyclic amines) is 1. The Hall–Kier alpha value is -4.96. The molecular weight excluding hydrogens is 581 g/mol. The minimum atomic E-state index is -0.626. The highest BCUT2D eigenvalue weighted by molar-refractivity contribution is 6.00. The number of aromatic nitrogens is 4. The van der Waals surface area contributed by atoms with Crippen molar-refractivity contribution in [2.24, 2.45) is 5.41 Å². The van der Waals surface area contributed by atoms with Gasteiger partial charge in [-0.25, -0.2) is 4.39 Å². The van der Waals surface area contributed by atoms with Crippen molar-refractivity contribution in [1.82, 2.24) is 30.0 Å². The van der Waals surface area contributed by atoms with Gasteiger partial charge in [0.15, 0.2) is 0 Å². The lowest BCUT2D eigenvalue weighted by Gasteiger charge is -2.29. The number of aromatic amines is 1. The predicted molar refractivity (Wildman–Crippen MR) is 179 cm³/mol. The summed E-state index contributed by atoms with van der Waals surface area (Å²) in [6, 6.07) is 17.9. The van der Waals surface area contributed by atoms with Crippen LogP contribution in [0.5, 0.6) is 0 Å². The van der Waals surface area contributed by atoms with Gasteiger partial charge < -0.3 is 10.2 Å². The maximum atomic E-state index is 13.5. The Morgan fingerprint density at radius 1 is 0.957 bits per heavy atom. The molecule has 0 bridgehead atoms. The second kappa shape index (κ2) is 13.2. The van der Waals surface area contributed by atoms with E-state index in [0.29, 0.717) is 50.5 Å². The van der Waals surface area contributed by atoms with Gasteiger partial charge in [-0.05, 0) is 92.0 Å². The van der Waals surface area contributed by atoms with E-state index in [-0.39, 0.29) is 17.6 Å². The second-order valence-electron chi connectivity index (χ2n) is 11.9. The monoisotopic (exact) mass is 619 g/mol. The van der Waals surface area contributed by atoms with Crippen LogP contribution in [-0.4, -0.2) is 74.5 Å². The molecule has 0 unspecified atom stereocenters. The van der Waals surface area contributed by atoms with E-state index in [1.807, 2.05) is 49.9 Å². The van der Waals surface area contributed by atoms with Gasteiger partial charge >= 0.3 is 0 Å². The average Bonchev–Trinajstić information content (AvgIpc) is 3.69. The van der Waals surface area contributed by atoms with Gasteiger partial charge in [-0.2, -0.15) is 5.10 Å². The van der Waals surface area contributed by atoms with Crippen LogP contribution in [0, 0.1) is 11.2 Å². The van der Waals surface area contributed by atoms with Gasteiger partial charge in [0.05, 0.1) is 34.2 Å². The molecule has 9 nitrogen and oxygen atoms in total. The van der Waals surface area contributed by atoms with Crippen molar-refractivity contribution in [1.29, 1.82) is 0 Å². The van der Waals surface area contributed by atoms with Crippen molar-refractivity contribution >= 4 is 45.0 Å². The fourth-order valence-corrected chi connectivity index (χ4v) is 6.19. The van der Waals surface area contributed by atoms with Gasteiger partial charge in [0.2, 0.25) is 11.8 Å². The SMILES string of the molecule is CC.C[C@@]1(C(=O)Nc2ccc3[nH]nc(-c4ccc(F)cc4)c3c2)CCN(CC(=O)N2CC=C(c3ccc4nccnc4c3)CC2)C1. The topological polar surface area (TPSA) is 107 Å². The molecule has 2 N–H and O–H groups in total. The maximum absolute atomic E-state index is 13.5. The van der Waals surface area contributed by atoms with E-state index < -0.39 is 5.41 Å². The van der Waals surface area contributed by atoms with E-state index in [1.165, 1.54) is 17.7 Å². The first-order valence-electron chi connectivity index (χ1n) is 15.8. The van der Waals surface area contributed by atoms with E-state index in [4.69, 9.17) is 0 Å². The molecule has 5 aromatic rings. The van der Waals surface area contributed by atoms with Crippen LogP contribution < -0.4 is 5.32 Å². The standard InChI is InChI=1S/C34H32FN7O2.C2H6/c1-34(33(44)38-26-7-9-28-27(19-26)32(40-39-28)23-2-5-25(35)6-3-23)12-17-41(21-34)20-31(43)42-15-10-22(11-16-42)24-4-8-29-30(18-24)37-14-13-36-29;1-2/h2-10,13-14,18-19H,11-12,15-17,20-21H2,1H3,(H,38,44)(H,39,40);1-2H3/t34-;/m1./s1. The van der Waals surface area contributed by atoms with Crippen molar-refractivity contribution in [2.75, 3.05) is 38.0 Å². The molecule has 2 aromatic heterocycles. The van der Waals surface area contributed by atoms with Gasteiger partial charge in [-0.1, -0.05) is 26.0 Å². The van der Waals surface area contributed by atoms with Crippen LogP contribution in [0.4, 0.5) is 10.1 Å². The highest BCUT2D eigenvalue weighted by Crippen LogP contribution is 2.33. The molecular formula is C36H38FN7O2. The summed E-state index contributed by atoms with van der Waals surface area (Å²) in [5.41, 5.74) is 6.40. The molecule has 1 fully saturated rings. The zero-order chi connectivity index (χ0) is 32.3. The highest BCUT2D eigenvalue weighted by Gasteiger charge is 2.41. The summed E-state index contributed by atoms with van der Waals surface area (Å²) < 4.78 is 13.4. The number of rotatable bonds is 6. The number of fused-ring (bicyclic) bond motifs is 2. The highest BCUT2D eigenvalue weighted by atomic mass is 19.1. The zero-order valence-corrected chi connectivity index (χ0v) is 26.4. The van der Waals surface area contributed by atoms with Crippen LogP contribution in [0.1, 0.15) is 39.2 Å². The first kappa shape index (κ1) is 31.0. The van der Waals surface area contributed by atoms with E-state index >= 15 is 0 Å². The van der Waals surface area contributed by atoms with Crippen LogP contribution >= 0.6 is 0 Å². The summed E-state index contributed by atoms with van der Waals surface area (Å²) in [6.07, 6.45) is 6.95. The number of halogens is 1. The number of hydrogen-bond donors (Lipinski definition) is 2. The molecule has 0 saturated carbocycles. The van der Waals surface area contributed by atoms with Crippen molar-refractivity contribution in [3.8, 4) is 11.3 Å². The fourth-order valence-electron chi connectivity index (χ4n) is 6.19. The molecule has 10 heteroatoms. The Balaban J connectivity index is 0.00000182. The smallest absolute Gasteiger partial charge is 0.237 e. The van der Waals surface area contributed by atoms with E-state index in [9.17, 15) is 14.0 Å². The normalized spacial score (nSPS) is 18.3. The average molecular weight is 620 g/mol. The Labute approximate surface area is 267 Å². The molecule has 2 aliphatic heterocycles. The fraction of sp³-hybridized carbons (Fsp3) is 0.306. The largest absolute Gasteiger partial charge is 0.338 e. The zero-order valence-electron chi connectivity index (χ0n) is 26.4. The van der Waals surface area contributed by atoms with E-state index in [1.54, 1.807) is 24.5 Å². The Morgan fingerprint density at radius 2 is 1.72 bits per heavy atom. The number of H-pyrrole nitrogens is 1. The molecule has 4 heterocycles. The molecule has 0 aliphatic carbocycles. The van der Waals surface area contributed by atoms with Gasteiger partial charge in [-0.3, -0.25) is 29.6 Å². The third-order valence-corrected chi connectivity index (χ3v) is 8.80. The molecule has 0 radical (unpaired) electrons. The summed E-state index contributed by atoms with van der Waals surface area (Å²) in [5, 5.41) is 11.3. The molecule has 7 rings (SSSR count). The number of hydrogen-bond acceptors (Lipinski definition) is 6. The number of carbonyl (C=O) groups excluding carboxylic acids is 2. The summed E-state index contributed by atoms with van der Waals surface area (Å²) in [5.74, 6) is -0.311. The number of carbonyl (C=O) groups is 2. The maximum Gasteiger partial charge on any atom is 0.237 e. The van der Waals surface area contributed by atoms with Crippen LogP contribution in [0.25, 0.3) is 38.8 Å². The molecule has 1 atom stereocenters. The molecule has 1 saturated heterocycles. The lowest BCUT2D eigenvalue weighted by molar-refractivity contribution is -0.132. The molecule has 2 aliphatic rings. The first-order valence-corrected chi connectivity index (χ1v) is 15.8. The summed E-state index contributed by atoms with van der Waals surface area (Å²) in [7, 11) is 0. The molecule has 46 heavy (non-hydrogen) atoms. The quantitative estimate of drug-likeness (QED) is 0.231. The summed E-state index contributed by atoms with van der Waals surface area (Å²) >= 11 is 0. The number of amides is 2. The molecule has 236 valence electrons. The van der Waals surface area contributed by atoms with Crippen molar-refractivity contribution in [3.05, 3.63) is 90.5 Å². The van der Waals surface area contributed by atoms with E-state index in [2.05, 4.69) is 48.6 Å². The van der Waals surface area contributed by atoms with Crippen molar-refractivity contribution in [2.45, 2.75) is 33.6 Å². The second-order valence-corrected chi connectivity index (χ2v) is 11.9. The Bertz CT molecular complexity index is 1920. The van der Waals surface area contributed by atoms with Crippen LogP contribution in [0.3, 0.4) is 0 Å². The van der Waals surface area contributed by atoms with Crippen LogP contribution in [0.2, 0.25) is 0 Å². The lowest BCUT2D eigenvalue weighted by Crippen LogP contribution is -2.43. The number of nitrogens with one attached hydrogen (secondary N) is 2. The van der Waals surface area contributed by atoms with Crippen molar-refractivity contribution in [3.63, 3.8) is 0 Å². The van der Waals surface area contributed by atoms with Gasteiger partial charge in [0.1, 0.15) is 5.82 Å². The first-order chi connectivity index (χ1) is 22.3. The number of nitrogens with zero attached hydrogens (tertiary/aromatic N) is 5.